The molecule has 0 bridgehead atoms. The summed E-state index contributed by atoms with van der Waals surface area (Å²) in [6.07, 6.45) is 12.9. The minimum absolute atomic E-state index is 0.676. The lowest BCUT2D eigenvalue weighted by atomic mass is 9.98. The molecule has 0 amide bonds. The van der Waals surface area contributed by atoms with Crippen molar-refractivity contribution in [2.24, 2.45) is 0 Å². The summed E-state index contributed by atoms with van der Waals surface area (Å²) in [5, 5.41) is 0. The zero-order valence-corrected chi connectivity index (χ0v) is 16.3. The van der Waals surface area contributed by atoms with Crippen LogP contribution in [0.1, 0.15) is 69.4 Å². The van der Waals surface area contributed by atoms with Crippen molar-refractivity contribution in [2.45, 2.75) is 58.3 Å². The topological polar surface area (TPSA) is 9.23 Å². The summed E-state index contributed by atoms with van der Waals surface area (Å²) in [7, 11) is 0. The summed E-state index contributed by atoms with van der Waals surface area (Å²) in [5.74, 6) is 0. The number of hydrogen-bond acceptors (Lipinski definition) is 1. The average molecular weight is 351 g/mol. The van der Waals surface area contributed by atoms with E-state index in [4.69, 9.17) is 4.74 Å². The van der Waals surface area contributed by atoms with Crippen molar-refractivity contribution < 1.29 is 4.74 Å². The standard InChI is InChI=1S/C25H34O/c1-2-3-4-5-6-7-8-15-21-26-22-20-25(23-16-11-9-12-17-23)24-18-13-10-14-19-24/h9-14,16-20H,2-8,15,21-22H2,1H3. The van der Waals surface area contributed by atoms with Gasteiger partial charge in [0.15, 0.2) is 0 Å². The first-order chi connectivity index (χ1) is 12.9. The van der Waals surface area contributed by atoms with Gasteiger partial charge in [-0.3, -0.25) is 0 Å². The zero-order valence-electron chi connectivity index (χ0n) is 16.3. The monoisotopic (exact) mass is 350 g/mol. The lowest BCUT2D eigenvalue weighted by molar-refractivity contribution is 0.157. The van der Waals surface area contributed by atoms with Gasteiger partial charge in [-0.2, -0.15) is 0 Å². The predicted molar refractivity (Wildman–Crippen MR) is 113 cm³/mol. The third-order valence-electron chi connectivity index (χ3n) is 4.72. The van der Waals surface area contributed by atoms with Gasteiger partial charge in [0.25, 0.3) is 0 Å². The van der Waals surface area contributed by atoms with E-state index in [1.165, 1.54) is 68.1 Å². The van der Waals surface area contributed by atoms with Crippen molar-refractivity contribution in [3.63, 3.8) is 0 Å². The molecule has 0 aliphatic heterocycles. The number of ether oxygens (including phenoxy) is 1. The Morgan fingerprint density at radius 1 is 0.692 bits per heavy atom. The molecule has 0 aromatic heterocycles. The van der Waals surface area contributed by atoms with Gasteiger partial charge in [0.05, 0.1) is 6.61 Å². The second-order valence-electron chi connectivity index (χ2n) is 6.90. The Kier molecular flexibility index (Phi) is 10.5. The summed E-state index contributed by atoms with van der Waals surface area (Å²) >= 11 is 0. The molecule has 1 heteroatoms. The van der Waals surface area contributed by atoms with Gasteiger partial charge in [0.1, 0.15) is 0 Å². The van der Waals surface area contributed by atoms with Crippen LogP contribution >= 0.6 is 0 Å². The Morgan fingerprint density at radius 3 is 1.73 bits per heavy atom. The lowest BCUT2D eigenvalue weighted by Gasteiger charge is -2.09. The maximum atomic E-state index is 5.88. The number of rotatable bonds is 13. The maximum absolute atomic E-state index is 5.88. The molecule has 2 aromatic rings. The Labute approximate surface area is 160 Å². The quantitative estimate of drug-likeness (QED) is 0.345. The molecule has 0 heterocycles. The summed E-state index contributed by atoms with van der Waals surface area (Å²) in [6, 6.07) is 21.1. The first-order valence-corrected chi connectivity index (χ1v) is 10.3. The predicted octanol–water partition coefficient (Wildman–Crippen LogP) is 7.28. The molecule has 0 unspecified atom stereocenters. The molecule has 0 atom stereocenters. The summed E-state index contributed by atoms with van der Waals surface area (Å²) in [5.41, 5.74) is 3.74. The van der Waals surface area contributed by atoms with Crippen LogP contribution in [0.15, 0.2) is 66.7 Å². The van der Waals surface area contributed by atoms with Crippen LogP contribution in [-0.2, 0) is 4.74 Å². The third kappa shape index (κ3) is 8.01. The molecule has 2 rings (SSSR count). The molecule has 0 radical (unpaired) electrons. The summed E-state index contributed by atoms with van der Waals surface area (Å²) in [4.78, 5) is 0. The summed E-state index contributed by atoms with van der Waals surface area (Å²) in [6.45, 7) is 3.81. The van der Waals surface area contributed by atoms with E-state index in [1.54, 1.807) is 0 Å². The second kappa shape index (κ2) is 13.4. The highest BCUT2D eigenvalue weighted by Crippen LogP contribution is 2.22. The average Bonchev–Trinajstić information content (AvgIpc) is 2.70. The first-order valence-electron chi connectivity index (χ1n) is 10.3. The van der Waals surface area contributed by atoms with Crippen molar-refractivity contribution in [1.29, 1.82) is 0 Å². The van der Waals surface area contributed by atoms with Crippen LogP contribution < -0.4 is 0 Å². The zero-order chi connectivity index (χ0) is 18.3. The van der Waals surface area contributed by atoms with Gasteiger partial charge in [-0.25, -0.2) is 0 Å². The third-order valence-corrected chi connectivity index (χ3v) is 4.72. The smallest absolute Gasteiger partial charge is 0.0656 e. The van der Waals surface area contributed by atoms with Crippen molar-refractivity contribution in [2.75, 3.05) is 13.2 Å². The molecule has 2 aromatic carbocycles. The maximum Gasteiger partial charge on any atom is 0.0656 e. The van der Waals surface area contributed by atoms with Crippen molar-refractivity contribution in [1.82, 2.24) is 0 Å². The minimum Gasteiger partial charge on any atom is -0.377 e. The van der Waals surface area contributed by atoms with Crippen LogP contribution in [0.3, 0.4) is 0 Å². The van der Waals surface area contributed by atoms with Crippen LogP contribution in [-0.4, -0.2) is 13.2 Å². The normalized spacial score (nSPS) is 10.7. The molecule has 140 valence electrons. The van der Waals surface area contributed by atoms with Crippen molar-refractivity contribution >= 4 is 5.57 Å². The highest BCUT2D eigenvalue weighted by Gasteiger charge is 2.03. The largest absolute Gasteiger partial charge is 0.377 e. The lowest BCUT2D eigenvalue weighted by Crippen LogP contribution is -1.97. The van der Waals surface area contributed by atoms with E-state index in [2.05, 4.69) is 73.7 Å². The number of unbranched alkanes of at least 4 members (excludes halogenated alkanes) is 7. The van der Waals surface area contributed by atoms with Gasteiger partial charge < -0.3 is 4.74 Å². The van der Waals surface area contributed by atoms with E-state index < -0.39 is 0 Å². The van der Waals surface area contributed by atoms with Crippen LogP contribution in [0.4, 0.5) is 0 Å². The Morgan fingerprint density at radius 2 is 1.19 bits per heavy atom. The van der Waals surface area contributed by atoms with Crippen molar-refractivity contribution in [3.8, 4) is 0 Å². The van der Waals surface area contributed by atoms with Gasteiger partial charge in [-0.1, -0.05) is 119 Å². The fourth-order valence-electron chi connectivity index (χ4n) is 3.20. The van der Waals surface area contributed by atoms with Crippen LogP contribution in [0.5, 0.6) is 0 Å². The Bertz CT molecular complexity index is 559. The number of hydrogen-bond donors (Lipinski definition) is 0. The number of benzene rings is 2. The van der Waals surface area contributed by atoms with Crippen LogP contribution in [0.25, 0.3) is 5.57 Å². The molecule has 0 aliphatic rings. The molecular weight excluding hydrogens is 316 g/mol. The first kappa shape index (κ1) is 20.5. The van der Waals surface area contributed by atoms with Gasteiger partial charge in [-0.15, -0.1) is 0 Å². The van der Waals surface area contributed by atoms with E-state index in [0.717, 1.165) is 6.61 Å². The fraction of sp³-hybridized carbons (Fsp3) is 0.440. The van der Waals surface area contributed by atoms with E-state index in [0.29, 0.717) is 6.61 Å². The molecule has 0 saturated heterocycles. The molecule has 26 heavy (non-hydrogen) atoms. The molecule has 1 nitrogen and oxygen atoms in total. The van der Waals surface area contributed by atoms with E-state index in [1.807, 2.05) is 0 Å². The molecular formula is C25H34O. The highest BCUT2D eigenvalue weighted by atomic mass is 16.5. The second-order valence-corrected chi connectivity index (χ2v) is 6.90. The highest BCUT2D eigenvalue weighted by molar-refractivity contribution is 5.79. The minimum atomic E-state index is 0.676. The van der Waals surface area contributed by atoms with Crippen LogP contribution in [0.2, 0.25) is 0 Å². The van der Waals surface area contributed by atoms with Crippen LogP contribution in [0, 0.1) is 0 Å². The molecule has 0 N–H and O–H groups in total. The van der Waals surface area contributed by atoms with E-state index in [9.17, 15) is 0 Å². The van der Waals surface area contributed by atoms with Gasteiger partial charge in [-0.05, 0) is 23.1 Å². The fourth-order valence-corrected chi connectivity index (χ4v) is 3.20. The summed E-state index contributed by atoms with van der Waals surface area (Å²) < 4.78 is 5.88. The molecule has 0 fully saturated rings. The van der Waals surface area contributed by atoms with Gasteiger partial charge in [0.2, 0.25) is 0 Å². The van der Waals surface area contributed by atoms with E-state index in [-0.39, 0.29) is 0 Å². The Balaban J connectivity index is 1.72. The molecule has 0 spiro atoms. The van der Waals surface area contributed by atoms with E-state index >= 15 is 0 Å². The SMILES string of the molecule is CCCCCCCCCCOCC=C(c1ccccc1)c1ccccc1. The van der Waals surface area contributed by atoms with Gasteiger partial charge in [0, 0.05) is 6.61 Å². The van der Waals surface area contributed by atoms with Gasteiger partial charge >= 0.3 is 0 Å². The molecule has 0 saturated carbocycles. The molecule has 0 aliphatic carbocycles. The Hall–Kier alpha value is -1.86. The van der Waals surface area contributed by atoms with Crippen molar-refractivity contribution in [3.05, 3.63) is 77.9 Å².